The van der Waals surface area contributed by atoms with Gasteiger partial charge in [0.15, 0.2) is 11.0 Å². The number of ether oxygens (including phenoxy) is 1. The molecule has 8 heteroatoms. The topological polar surface area (TPSA) is 69.0 Å². The molecule has 1 aromatic heterocycles. The Hall–Kier alpha value is -1.93. The van der Waals surface area contributed by atoms with Gasteiger partial charge in [0.25, 0.3) is 0 Å². The molecule has 0 spiro atoms. The van der Waals surface area contributed by atoms with Crippen molar-refractivity contribution in [3.05, 3.63) is 30.1 Å². The molecular formula is C19H25FN4O2S. The highest BCUT2D eigenvalue weighted by molar-refractivity contribution is 7.99. The number of nitrogens with one attached hydrogen (secondary N) is 1. The Morgan fingerprint density at radius 1 is 1.33 bits per heavy atom. The van der Waals surface area contributed by atoms with Crippen LogP contribution in [0, 0.1) is 5.82 Å². The predicted molar refractivity (Wildman–Crippen MR) is 103 cm³/mol. The van der Waals surface area contributed by atoms with Crippen LogP contribution in [0.5, 0.6) is 0 Å². The first-order valence-corrected chi connectivity index (χ1v) is 10.0. The first-order chi connectivity index (χ1) is 12.8. The number of carbonyl (C=O) groups is 1. The molecule has 1 aliphatic rings. The van der Waals surface area contributed by atoms with Gasteiger partial charge in [-0.1, -0.05) is 11.8 Å². The Balaban J connectivity index is 1.80. The van der Waals surface area contributed by atoms with E-state index in [1.165, 1.54) is 23.9 Å². The fraction of sp³-hybridized carbons (Fsp3) is 0.526. The Morgan fingerprint density at radius 2 is 2.07 bits per heavy atom. The van der Waals surface area contributed by atoms with Crippen molar-refractivity contribution in [2.45, 2.75) is 57.0 Å². The number of benzene rings is 1. The maximum absolute atomic E-state index is 13.3. The van der Waals surface area contributed by atoms with Crippen molar-refractivity contribution >= 4 is 17.7 Å². The molecule has 1 N–H and O–H groups in total. The number of hydrogen-bond acceptors (Lipinski definition) is 5. The molecule has 0 saturated carbocycles. The van der Waals surface area contributed by atoms with E-state index in [4.69, 9.17) is 4.74 Å². The summed E-state index contributed by atoms with van der Waals surface area (Å²) in [6, 6.07) is 6.19. The number of aromatic nitrogens is 3. The van der Waals surface area contributed by atoms with E-state index >= 15 is 0 Å². The molecule has 27 heavy (non-hydrogen) atoms. The predicted octanol–water partition coefficient (Wildman–Crippen LogP) is 3.27. The van der Waals surface area contributed by atoms with Gasteiger partial charge in [0.2, 0.25) is 5.91 Å². The lowest BCUT2D eigenvalue weighted by molar-refractivity contribution is -0.119. The maximum atomic E-state index is 13.3. The zero-order chi connectivity index (χ0) is 19.4. The monoisotopic (exact) mass is 392 g/mol. The fourth-order valence-electron chi connectivity index (χ4n) is 2.95. The van der Waals surface area contributed by atoms with Crippen molar-refractivity contribution in [1.29, 1.82) is 0 Å². The summed E-state index contributed by atoms with van der Waals surface area (Å²) in [6.45, 7) is 7.21. The first-order valence-electron chi connectivity index (χ1n) is 9.06. The third kappa shape index (κ3) is 5.52. The zero-order valence-corrected chi connectivity index (χ0v) is 16.7. The van der Waals surface area contributed by atoms with Gasteiger partial charge in [-0.15, -0.1) is 10.2 Å². The summed E-state index contributed by atoms with van der Waals surface area (Å²) in [5.41, 5.74) is 0.510. The van der Waals surface area contributed by atoms with E-state index in [1.807, 2.05) is 25.3 Å². The number of thioether (sulfide) groups is 1. The van der Waals surface area contributed by atoms with Crippen LogP contribution in [0.25, 0.3) is 11.4 Å². The molecule has 1 aliphatic heterocycles. The van der Waals surface area contributed by atoms with Gasteiger partial charge in [0.1, 0.15) is 5.82 Å². The summed E-state index contributed by atoms with van der Waals surface area (Å²) in [4.78, 5) is 12.1. The van der Waals surface area contributed by atoms with Crippen LogP contribution in [0.2, 0.25) is 0 Å². The minimum absolute atomic E-state index is 0.0532. The number of hydrogen-bond donors (Lipinski definition) is 1. The molecule has 0 bridgehead atoms. The molecule has 1 atom stereocenters. The van der Waals surface area contributed by atoms with Crippen LogP contribution < -0.4 is 5.32 Å². The van der Waals surface area contributed by atoms with Crippen molar-refractivity contribution in [2.24, 2.45) is 0 Å². The highest BCUT2D eigenvalue weighted by Crippen LogP contribution is 2.26. The lowest BCUT2D eigenvalue weighted by Gasteiger charge is -2.20. The Bertz CT molecular complexity index is 780. The summed E-state index contributed by atoms with van der Waals surface area (Å²) >= 11 is 1.35. The second-order valence-electron chi connectivity index (χ2n) is 7.65. The molecule has 1 aromatic carbocycles. The number of carbonyl (C=O) groups excluding carboxylic acids is 1. The van der Waals surface area contributed by atoms with Crippen molar-refractivity contribution < 1.29 is 13.9 Å². The van der Waals surface area contributed by atoms with Gasteiger partial charge in [-0.05, 0) is 57.9 Å². The van der Waals surface area contributed by atoms with E-state index in [9.17, 15) is 9.18 Å². The lowest BCUT2D eigenvalue weighted by atomic mass is 10.1. The summed E-state index contributed by atoms with van der Waals surface area (Å²) in [5, 5.41) is 12.2. The Morgan fingerprint density at radius 3 is 2.70 bits per heavy atom. The average molecular weight is 393 g/mol. The van der Waals surface area contributed by atoms with Crippen LogP contribution in [-0.4, -0.2) is 44.7 Å². The molecule has 2 aromatic rings. The molecule has 1 fully saturated rings. The third-order valence-corrected chi connectivity index (χ3v) is 5.04. The van der Waals surface area contributed by atoms with Crippen LogP contribution in [0.1, 0.15) is 33.6 Å². The summed E-state index contributed by atoms with van der Waals surface area (Å²) in [6.07, 6.45) is 2.12. The van der Waals surface area contributed by atoms with Crippen molar-refractivity contribution in [1.82, 2.24) is 20.1 Å². The lowest BCUT2D eigenvalue weighted by Crippen LogP contribution is -2.41. The highest BCUT2D eigenvalue weighted by atomic mass is 32.2. The minimum Gasteiger partial charge on any atom is -0.376 e. The normalized spacial score (nSPS) is 17.3. The molecule has 146 valence electrons. The van der Waals surface area contributed by atoms with E-state index < -0.39 is 0 Å². The Kier molecular flexibility index (Phi) is 6.16. The summed E-state index contributed by atoms with van der Waals surface area (Å²) in [7, 11) is 0. The van der Waals surface area contributed by atoms with Crippen LogP contribution in [0.3, 0.4) is 0 Å². The maximum Gasteiger partial charge on any atom is 0.230 e. The first kappa shape index (κ1) is 19.8. The van der Waals surface area contributed by atoms with Gasteiger partial charge in [0.05, 0.1) is 18.4 Å². The number of rotatable bonds is 6. The third-order valence-electron chi connectivity index (χ3n) is 4.08. The Labute approximate surface area is 162 Å². The molecule has 3 rings (SSSR count). The average Bonchev–Trinajstić information content (AvgIpc) is 3.23. The smallest absolute Gasteiger partial charge is 0.230 e. The SMILES string of the molecule is CC(C)(C)NC(=O)CSc1nnc(-c2ccc(F)cc2)n1C[C@H]1CCCO1. The molecule has 1 amide bonds. The molecule has 1 saturated heterocycles. The molecule has 0 unspecified atom stereocenters. The van der Waals surface area contributed by atoms with Crippen LogP contribution in [-0.2, 0) is 16.1 Å². The number of nitrogens with zero attached hydrogens (tertiary/aromatic N) is 3. The second-order valence-corrected chi connectivity index (χ2v) is 8.59. The minimum atomic E-state index is -0.294. The van der Waals surface area contributed by atoms with Gasteiger partial charge in [-0.2, -0.15) is 0 Å². The number of amides is 1. The van der Waals surface area contributed by atoms with Crippen molar-refractivity contribution in [3.8, 4) is 11.4 Å². The van der Waals surface area contributed by atoms with E-state index in [0.717, 1.165) is 25.0 Å². The van der Waals surface area contributed by atoms with Crippen LogP contribution in [0.15, 0.2) is 29.4 Å². The van der Waals surface area contributed by atoms with Gasteiger partial charge >= 0.3 is 0 Å². The van der Waals surface area contributed by atoms with E-state index in [1.54, 1.807) is 12.1 Å². The quantitative estimate of drug-likeness (QED) is 0.764. The summed E-state index contributed by atoms with van der Waals surface area (Å²) < 4.78 is 21.0. The summed E-state index contributed by atoms with van der Waals surface area (Å²) in [5.74, 6) is 0.564. The largest absolute Gasteiger partial charge is 0.376 e. The van der Waals surface area contributed by atoms with Crippen molar-refractivity contribution in [3.63, 3.8) is 0 Å². The molecule has 0 aliphatic carbocycles. The van der Waals surface area contributed by atoms with Gasteiger partial charge in [-0.25, -0.2) is 4.39 Å². The highest BCUT2D eigenvalue weighted by Gasteiger charge is 2.23. The van der Waals surface area contributed by atoms with Crippen LogP contribution in [0.4, 0.5) is 4.39 Å². The van der Waals surface area contributed by atoms with Gasteiger partial charge in [-0.3, -0.25) is 9.36 Å². The van der Waals surface area contributed by atoms with Gasteiger partial charge in [0, 0.05) is 17.7 Å². The van der Waals surface area contributed by atoms with E-state index in [-0.39, 0.29) is 29.1 Å². The zero-order valence-electron chi connectivity index (χ0n) is 15.9. The van der Waals surface area contributed by atoms with E-state index in [2.05, 4.69) is 15.5 Å². The van der Waals surface area contributed by atoms with Crippen molar-refractivity contribution in [2.75, 3.05) is 12.4 Å². The number of halogens is 1. The van der Waals surface area contributed by atoms with Crippen LogP contribution >= 0.6 is 11.8 Å². The molecule has 0 radical (unpaired) electrons. The standard InChI is InChI=1S/C19H25FN4O2S/c1-19(2,3)21-16(25)12-27-18-23-22-17(13-6-8-14(20)9-7-13)24(18)11-15-5-4-10-26-15/h6-9,15H,4-5,10-12H2,1-3H3,(H,21,25)/t15-/m1/s1. The molecular weight excluding hydrogens is 367 g/mol. The molecule has 2 heterocycles. The molecule has 6 nitrogen and oxygen atoms in total. The van der Waals surface area contributed by atoms with E-state index in [0.29, 0.717) is 17.5 Å². The second kappa shape index (κ2) is 8.39. The van der Waals surface area contributed by atoms with Gasteiger partial charge < -0.3 is 10.1 Å². The fourth-order valence-corrected chi connectivity index (χ4v) is 3.70.